The Morgan fingerprint density at radius 1 is 0.880 bits per heavy atom. The van der Waals surface area contributed by atoms with Gasteiger partial charge in [-0.25, -0.2) is 0 Å². The number of nitrogens with one attached hydrogen (secondary N) is 1. The number of nitrogen functional groups attached to an aromatic ring is 1. The van der Waals surface area contributed by atoms with Crippen molar-refractivity contribution in [3.8, 4) is 0 Å². The van der Waals surface area contributed by atoms with Crippen LogP contribution in [0.1, 0.15) is 5.56 Å². The van der Waals surface area contributed by atoms with Gasteiger partial charge >= 0.3 is 0 Å². The van der Waals surface area contributed by atoms with Crippen molar-refractivity contribution in [1.82, 2.24) is 0 Å². The summed E-state index contributed by atoms with van der Waals surface area (Å²) in [6.07, 6.45) is 0. The van der Waals surface area contributed by atoms with Crippen molar-refractivity contribution >= 4 is 39.8 Å². The maximum absolute atomic E-state index is 6.22. The van der Waals surface area contributed by atoms with Gasteiger partial charge in [-0.2, -0.15) is 0 Å². The molecule has 0 spiro atoms. The molecule has 4 heteroatoms. The molecular weight excluding hydrogens is 308 g/mol. The van der Waals surface area contributed by atoms with E-state index in [0.717, 1.165) is 45.4 Å². The first-order chi connectivity index (χ1) is 12.0. The van der Waals surface area contributed by atoms with Crippen molar-refractivity contribution in [2.75, 3.05) is 34.9 Å². The Morgan fingerprint density at radius 3 is 2.32 bits per heavy atom. The molecule has 0 saturated carbocycles. The summed E-state index contributed by atoms with van der Waals surface area (Å²) in [5.41, 5.74) is 14.7. The number of benzene rings is 3. The van der Waals surface area contributed by atoms with Crippen LogP contribution in [-0.4, -0.2) is 14.1 Å². The molecule has 3 aromatic carbocycles. The molecule has 0 aliphatic carbocycles. The van der Waals surface area contributed by atoms with Crippen molar-refractivity contribution in [2.45, 2.75) is 6.92 Å². The first kappa shape index (κ1) is 15.4. The number of aryl methyl sites for hydroxylation is 1. The smallest absolute Gasteiger partial charge is 0.0718 e. The monoisotopic (exact) mass is 330 g/mol. The number of fused-ring (bicyclic) bond motifs is 2. The fraction of sp³-hybridized carbons (Fsp3) is 0.143. The van der Waals surface area contributed by atoms with E-state index in [9.17, 15) is 0 Å². The zero-order valence-electron chi connectivity index (χ0n) is 14.7. The van der Waals surface area contributed by atoms with Crippen LogP contribution >= 0.6 is 0 Å². The first-order valence-corrected chi connectivity index (χ1v) is 8.38. The quantitative estimate of drug-likeness (QED) is 0.498. The second-order valence-corrected chi connectivity index (χ2v) is 6.62. The van der Waals surface area contributed by atoms with Crippen molar-refractivity contribution < 1.29 is 0 Å². The maximum Gasteiger partial charge on any atom is 0.0718 e. The zero-order valence-corrected chi connectivity index (χ0v) is 14.7. The lowest BCUT2D eigenvalue weighted by atomic mass is 10.0. The Kier molecular flexibility index (Phi) is 3.53. The van der Waals surface area contributed by atoms with Crippen LogP contribution in [0.4, 0.5) is 39.8 Å². The third kappa shape index (κ3) is 2.56. The van der Waals surface area contributed by atoms with Crippen LogP contribution in [0.2, 0.25) is 0 Å². The Hall–Kier alpha value is -3.14. The van der Waals surface area contributed by atoms with Gasteiger partial charge < -0.3 is 20.9 Å². The summed E-state index contributed by atoms with van der Waals surface area (Å²) in [4.78, 5) is 4.38. The second-order valence-electron chi connectivity index (χ2n) is 6.62. The molecular formula is C21H22N4. The van der Waals surface area contributed by atoms with E-state index in [0.29, 0.717) is 0 Å². The lowest BCUT2D eigenvalue weighted by Crippen LogP contribution is -2.19. The van der Waals surface area contributed by atoms with E-state index in [2.05, 4.69) is 83.8 Å². The summed E-state index contributed by atoms with van der Waals surface area (Å²) in [5, 5.41) is 3.56. The normalized spacial score (nSPS) is 12.2. The molecule has 0 amide bonds. The van der Waals surface area contributed by atoms with Gasteiger partial charge in [-0.3, -0.25) is 0 Å². The molecule has 0 atom stereocenters. The third-order valence-corrected chi connectivity index (χ3v) is 4.65. The maximum atomic E-state index is 6.22. The van der Waals surface area contributed by atoms with Gasteiger partial charge in [0.05, 0.1) is 22.7 Å². The topological polar surface area (TPSA) is 44.5 Å². The second kappa shape index (κ2) is 5.74. The highest BCUT2D eigenvalue weighted by molar-refractivity contribution is 5.99. The SMILES string of the molecule is Cc1cc2c(cc1N)N(c1ccccc1)c1cc(N(C)C)ccc1N2. The number of hydrogen-bond acceptors (Lipinski definition) is 4. The Balaban J connectivity index is 1.97. The average Bonchev–Trinajstić information content (AvgIpc) is 2.61. The first-order valence-electron chi connectivity index (χ1n) is 8.38. The largest absolute Gasteiger partial charge is 0.398 e. The number of hydrogen-bond donors (Lipinski definition) is 2. The van der Waals surface area contributed by atoms with Gasteiger partial charge in [0.25, 0.3) is 0 Å². The van der Waals surface area contributed by atoms with Crippen LogP contribution in [0, 0.1) is 6.92 Å². The van der Waals surface area contributed by atoms with E-state index >= 15 is 0 Å². The molecule has 3 N–H and O–H groups in total. The Bertz CT molecular complexity index is 932. The van der Waals surface area contributed by atoms with E-state index in [1.165, 1.54) is 0 Å². The fourth-order valence-corrected chi connectivity index (χ4v) is 3.22. The highest BCUT2D eigenvalue weighted by atomic mass is 15.2. The summed E-state index contributed by atoms with van der Waals surface area (Å²) in [6, 6.07) is 21.0. The molecule has 1 aliphatic rings. The van der Waals surface area contributed by atoms with Crippen LogP contribution in [0.25, 0.3) is 0 Å². The fourth-order valence-electron chi connectivity index (χ4n) is 3.22. The van der Waals surface area contributed by atoms with Crippen LogP contribution < -0.4 is 20.9 Å². The van der Waals surface area contributed by atoms with Crippen LogP contribution in [-0.2, 0) is 0 Å². The molecule has 0 bridgehead atoms. The van der Waals surface area contributed by atoms with Crippen molar-refractivity contribution in [3.63, 3.8) is 0 Å². The summed E-state index contributed by atoms with van der Waals surface area (Å²) in [7, 11) is 4.11. The number of para-hydroxylation sites is 1. The van der Waals surface area contributed by atoms with Gasteiger partial charge in [-0.1, -0.05) is 18.2 Å². The van der Waals surface area contributed by atoms with Crippen molar-refractivity contribution in [1.29, 1.82) is 0 Å². The lowest BCUT2D eigenvalue weighted by Gasteiger charge is -2.35. The van der Waals surface area contributed by atoms with Gasteiger partial charge in [0.2, 0.25) is 0 Å². The molecule has 0 radical (unpaired) electrons. The molecule has 3 aromatic rings. The molecule has 0 aromatic heterocycles. The molecule has 4 rings (SSSR count). The molecule has 1 heterocycles. The minimum atomic E-state index is 0.800. The highest BCUT2D eigenvalue weighted by Gasteiger charge is 2.25. The van der Waals surface area contributed by atoms with Gasteiger partial charge in [-0.15, -0.1) is 0 Å². The van der Waals surface area contributed by atoms with E-state index in [1.54, 1.807) is 0 Å². The van der Waals surface area contributed by atoms with E-state index in [-0.39, 0.29) is 0 Å². The number of rotatable bonds is 2. The lowest BCUT2D eigenvalue weighted by molar-refractivity contribution is 1.13. The summed E-state index contributed by atoms with van der Waals surface area (Å²) in [6.45, 7) is 2.04. The molecule has 4 nitrogen and oxygen atoms in total. The molecule has 1 aliphatic heterocycles. The minimum Gasteiger partial charge on any atom is -0.398 e. The van der Waals surface area contributed by atoms with E-state index in [1.807, 2.05) is 13.0 Å². The molecule has 0 saturated heterocycles. The Morgan fingerprint density at radius 2 is 1.60 bits per heavy atom. The van der Waals surface area contributed by atoms with Gasteiger partial charge in [0, 0.05) is 31.2 Å². The predicted octanol–water partition coefficient (Wildman–Crippen LogP) is 5.17. The van der Waals surface area contributed by atoms with Crippen LogP contribution in [0.5, 0.6) is 0 Å². The Labute approximate surface area is 148 Å². The van der Waals surface area contributed by atoms with Crippen LogP contribution in [0.3, 0.4) is 0 Å². The highest BCUT2D eigenvalue weighted by Crippen LogP contribution is 2.49. The molecule has 0 fully saturated rings. The van der Waals surface area contributed by atoms with Gasteiger partial charge in [-0.05, 0) is 55.0 Å². The van der Waals surface area contributed by atoms with E-state index in [4.69, 9.17) is 5.73 Å². The number of nitrogens with zero attached hydrogens (tertiary/aromatic N) is 2. The number of anilines is 7. The number of nitrogens with two attached hydrogens (primary N) is 1. The summed E-state index contributed by atoms with van der Waals surface area (Å²) >= 11 is 0. The van der Waals surface area contributed by atoms with Gasteiger partial charge in [0.15, 0.2) is 0 Å². The van der Waals surface area contributed by atoms with E-state index < -0.39 is 0 Å². The van der Waals surface area contributed by atoms with Crippen molar-refractivity contribution in [3.05, 3.63) is 66.2 Å². The molecule has 0 unspecified atom stereocenters. The third-order valence-electron chi connectivity index (χ3n) is 4.65. The zero-order chi connectivity index (χ0) is 17.6. The standard InChI is InChI=1S/C21H22N4/c1-14-11-19-21(13-17(14)22)25(15-7-5-4-6-8-15)20-12-16(24(2)3)9-10-18(20)23-19/h4-13,23H,22H2,1-3H3. The minimum absolute atomic E-state index is 0.800. The summed E-state index contributed by atoms with van der Waals surface area (Å²) < 4.78 is 0. The van der Waals surface area contributed by atoms with Crippen molar-refractivity contribution in [2.24, 2.45) is 0 Å². The molecule has 126 valence electrons. The molecule has 25 heavy (non-hydrogen) atoms. The van der Waals surface area contributed by atoms with Crippen LogP contribution in [0.15, 0.2) is 60.7 Å². The summed E-state index contributed by atoms with van der Waals surface area (Å²) in [5.74, 6) is 0. The predicted molar refractivity (Wildman–Crippen MR) is 108 cm³/mol. The van der Waals surface area contributed by atoms with Gasteiger partial charge in [0.1, 0.15) is 0 Å². The average molecular weight is 330 g/mol.